The van der Waals surface area contributed by atoms with Gasteiger partial charge in [-0.05, 0) is 43.3 Å². The van der Waals surface area contributed by atoms with Crippen molar-refractivity contribution in [1.82, 2.24) is 14.3 Å². The molecule has 0 aliphatic carbocycles. The lowest BCUT2D eigenvalue weighted by Crippen LogP contribution is -2.25. The van der Waals surface area contributed by atoms with Gasteiger partial charge in [-0.3, -0.25) is 0 Å². The summed E-state index contributed by atoms with van der Waals surface area (Å²) >= 11 is 0. The number of benzene rings is 2. The van der Waals surface area contributed by atoms with Crippen molar-refractivity contribution in [2.75, 3.05) is 18.4 Å². The molecule has 0 saturated heterocycles. The first-order valence-corrected chi connectivity index (χ1v) is 11.0. The Morgan fingerprint density at radius 2 is 1.62 bits per heavy atom. The Morgan fingerprint density at radius 1 is 1.00 bits per heavy atom. The number of rotatable bonds is 8. The molecule has 3 rings (SSSR count). The molecule has 0 aliphatic heterocycles. The maximum absolute atomic E-state index is 12.6. The number of ether oxygens (including phenoxy) is 1. The Labute approximate surface area is 187 Å². The third-order valence-electron chi connectivity index (χ3n) is 4.70. The first-order valence-electron chi connectivity index (χ1n) is 9.93. The molecule has 1 atom stereocenters. The summed E-state index contributed by atoms with van der Waals surface area (Å²) in [5.74, 6) is 0.223. The fraction of sp³-hybridized carbons (Fsp3) is 0.273. The minimum Gasteiger partial charge on any atom is -0.406 e. The summed E-state index contributed by atoms with van der Waals surface area (Å²) in [4.78, 5) is 9.32. The molecule has 3 aromatic rings. The summed E-state index contributed by atoms with van der Waals surface area (Å²) in [6.07, 6.45) is -3.33. The summed E-state index contributed by atoms with van der Waals surface area (Å²) in [6.45, 7) is 7.15. The van der Waals surface area contributed by atoms with Crippen LogP contribution in [0.3, 0.4) is 0 Å². The Balaban J connectivity index is 1.79. The van der Waals surface area contributed by atoms with Crippen molar-refractivity contribution in [3.05, 3.63) is 60.4 Å². The SMILES string of the molecule is CCN(CC)S(=O)c1ccc(-c2ncnc(Nc3ccc(OC(F)(F)F)cc3)c2C)cc1. The predicted molar refractivity (Wildman–Crippen MR) is 118 cm³/mol. The molecule has 2 aromatic carbocycles. The lowest BCUT2D eigenvalue weighted by molar-refractivity contribution is -0.274. The lowest BCUT2D eigenvalue weighted by atomic mass is 10.1. The fourth-order valence-corrected chi connectivity index (χ4v) is 4.22. The van der Waals surface area contributed by atoms with E-state index in [1.807, 2.05) is 49.3 Å². The van der Waals surface area contributed by atoms with Crippen molar-refractivity contribution < 1.29 is 22.1 Å². The summed E-state index contributed by atoms with van der Waals surface area (Å²) in [7, 11) is -1.22. The molecular weight excluding hydrogens is 441 g/mol. The zero-order chi connectivity index (χ0) is 23.3. The standard InChI is InChI=1S/C22H23F3N4O2S/c1-4-29(5-2)32(30)19-12-6-16(7-13-19)20-15(3)21(27-14-26-20)28-17-8-10-18(11-9-17)31-22(23,24)25/h6-14H,4-5H2,1-3H3,(H,26,27,28). The van der Waals surface area contributed by atoms with Gasteiger partial charge in [0.25, 0.3) is 0 Å². The van der Waals surface area contributed by atoms with E-state index in [9.17, 15) is 17.4 Å². The summed E-state index contributed by atoms with van der Waals surface area (Å²) in [5, 5.41) is 3.09. The molecule has 6 nitrogen and oxygen atoms in total. The molecule has 170 valence electrons. The molecule has 1 N–H and O–H groups in total. The van der Waals surface area contributed by atoms with E-state index >= 15 is 0 Å². The van der Waals surface area contributed by atoms with Crippen LogP contribution in [-0.4, -0.2) is 37.9 Å². The van der Waals surface area contributed by atoms with Crippen LogP contribution in [-0.2, 0) is 11.0 Å². The molecule has 1 aromatic heterocycles. The molecule has 0 bridgehead atoms. The van der Waals surface area contributed by atoms with Crippen LogP contribution < -0.4 is 10.1 Å². The molecule has 10 heteroatoms. The van der Waals surface area contributed by atoms with Gasteiger partial charge in [-0.2, -0.15) is 0 Å². The molecule has 1 heterocycles. The first-order chi connectivity index (χ1) is 15.2. The van der Waals surface area contributed by atoms with E-state index < -0.39 is 17.3 Å². The van der Waals surface area contributed by atoms with Gasteiger partial charge >= 0.3 is 6.36 Å². The molecule has 0 radical (unpaired) electrons. The number of nitrogens with one attached hydrogen (secondary N) is 1. The highest BCUT2D eigenvalue weighted by Gasteiger charge is 2.31. The topological polar surface area (TPSA) is 67.4 Å². The average Bonchev–Trinajstić information content (AvgIpc) is 2.76. The number of anilines is 2. The maximum atomic E-state index is 12.6. The lowest BCUT2D eigenvalue weighted by Gasteiger charge is -2.17. The van der Waals surface area contributed by atoms with Crippen LogP contribution in [0.1, 0.15) is 19.4 Å². The zero-order valence-corrected chi connectivity index (χ0v) is 18.6. The molecule has 0 saturated carbocycles. The number of halogens is 3. The monoisotopic (exact) mass is 464 g/mol. The second kappa shape index (κ2) is 10.1. The van der Waals surface area contributed by atoms with Gasteiger partial charge < -0.3 is 10.1 Å². The van der Waals surface area contributed by atoms with E-state index in [-0.39, 0.29) is 5.75 Å². The Kier molecular flexibility index (Phi) is 7.47. The molecule has 0 amide bonds. The van der Waals surface area contributed by atoms with Gasteiger partial charge in [0.15, 0.2) is 0 Å². The second-order valence-corrected chi connectivity index (χ2v) is 8.27. The predicted octanol–water partition coefficient (Wildman–Crippen LogP) is 5.46. The van der Waals surface area contributed by atoms with E-state index in [0.717, 1.165) is 11.1 Å². The minimum absolute atomic E-state index is 0.301. The van der Waals surface area contributed by atoms with Crippen LogP contribution in [0, 0.1) is 6.92 Å². The van der Waals surface area contributed by atoms with E-state index in [1.165, 1.54) is 30.6 Å². The second-order valence-electron chi connectivity index (χ2n) is 6.78. The van der Waals surface area contributed by atoms with Gasteiger partial charge in [0.05, 0.1) is 10.6 Å². The van der Waals surface area contributed by atoms with Crippen molar-refractivity contribution in [2.24, 2.45) is 0 Å². The highest BCUT2D eigenvalue weighted by atomic mass is 32.2. The zero-order valence-electron chi connectivity index (χ0n) is 17.8. The van der Waals surface area contributed by atoms with Crippen LogP contribution in [0.5, 0.6) is 5.75 Å². The van der Waals surface area contributed by atoms with Crippen molar-refractivity contribution >= 4 is 22.5 Å². The van der Waals surface area contributed by atoms with E-state index in [4.69, 9.17) is 0 Å². The Hall–Kier alpha value is -2.98. The highest BCUT2D eigenvalue weighted by molar-refractivity contribution is 7.82. The Morgan fingerprint density at radius 3 is 2.19 bits per heavy atom. The van der Waals surface area contributed by atoms with Crippen molar-refractivity contribution in [3.8, 4) is 17.0 Å². The van der Waals surface area contributed by atoms with Crippen LogP contribution in [0.4, 0.5) is 24.7 Å². The summed E-state index contributed by atoms with van der Waals surface area (Å²) < 4.78 is 55.3. The summed E-state index contributed by atoms with van der Waals surface area (Å²) in [6, 6.07) is 12.7. The van der Waals surface area contributed by atoms with Crippen LogP contribution in [0.2, 0.25) is 0 Å². The normalized spacial score (nSPS) is 12.6. The van der Waals surface area contributed by atoms with Crippen molar-refractivity contribution in [1.29, 1.82) is 0 Å². The number of nitrogens with zero attached hydrogens (tertiary/aromatic N) is 3. The molecule has 1 unspecified atom stereocenters. The van der Waals surface area contributed by atoms with Gasteiger partial charge in [-0.25, -0.2) is 18.5 Å². The smallest absolute Gasteiger partial charge is 0.406 e. The third-order valence-corrected chi connectivity index (χ3v) is 6.36. The number of hydrogen-bond acceptors (Lipinski definition) is 5. The Bertz CT molecular complexity index is 1070. The van der Waals surface area contributed by atoms with Gasteiger partial charge in [0.1, 0.15) is 28.9 Å². The molecule has 0 fully saturated rings. The highest BCUT2D eigenvalue weighted by Crippen LogP contribution is 2.29. The van der Waals surface area contributed by atoms with E-state index in [1.54, 1.807) is 0 Å². The minimum atomic E-state index is -4.74. The maximum Gasteiger partial charge on any atom is 0.573 e. The largest absolute Gasteiger partial charge is 0.573 e. The molecular formula is C22H23F3N4O2S. The van der Waals surface area contributed by atoms with Crippen LogP contribution in [0.15, 0.2) is 59.8 Å². The first kappa shape index (κ1) is 23.7. The molecule has 0 aliphatic rings. The van der Waals surface area contributed by atoms with Crippen LogP contribution >= 0.6 is 0 Å². The van der Waals surface area contributed by atoms with E-state index in [0.29, 0.717) is 35.2 Å². The molecule has 0 spiro atoms. The van der Waals surface area contributed by atoms with Gasteiger partial charge in [-0.1, -0.05) is 26.0 Å². The number of alkyl halides is 3. The fourth-order valence-electron chi connectivity index (χ4n) is 3.08. The average molecular weight is 465 g/mol. The van der Waals surface area contributed by atoms with Gasteiger partial charge in [-0.15, -0.1) is 13.2 Å². The van der Waals surface area contributed by atoms with E-state index in [2.05, 4.69) is 20.0 Å². The van der Waals surface area contributed by atoms with Crippen LogP contribution in [0.25, 0.3) is 11.3 Å². The number of aromatic nitrogens is 2. The van der Waals surface area contributed by atoms with Crippen molar-refractivity contribution in [3.63, 3.8) is 0 Å². The van der Waals surface area contributed by atoms with Gasteiger partial charge in [0, 0.05) is 29.9 Å². The van der Waals surface area contributed by atoms with Crippen molar-refractivity contribution in [2.45, 2.75) is 32.0 Å². The third kappa shape index (κ3) is 5.83. The molecule has 32 heavy (non-hydrogen) atoms. The quantitative estimate of drug-likeness (QED) is 0.480. The summed E-state index contributed by atoms with van der Waals surface area (Å²) in [5.41, 5.74) is 2.85. The number of hydrogen-bond donors (Lipinski definition) is 1. The van der Waals surface area contributed by atoms with Gasteiger partial charge in [0.2, 0.25) is 0 Å².